The molecule has 122 valence electrons. The number of hydrogen-bond acceptors (Lipinski definition) is 5. The van der Waals surface area contributed by atoms with Crippen LogP contribution in [-0.4, -0.2) is 28.7 Å². The summed E-state index contributed by atoms with van der Waals surface area (Å²) >= 11 is 0. The quantitative estimate of drug-likeness (QED) is 0.648. The minimum atomic E-state index is -4.81. The summed E-state index contributed by atoms with van der Waals surface area (Å²) in [6.07, 6.45) is -4.81. The van der Waals surface area contributed by atoms with Gasteiger partial charge in [0.15, 0.2) is 0 Å². The van der Waals surface area contributed by atoms with Crippen LogP contribution in [0.4, 0.5) is 18.9 Å². The molecule has 1 aromatic carbocycles. The molecule has 1 aliphatic rings. The van der Waals surface area contributed by atoms with Gasteiger partial charge in [-0.25, -0.2) is 0 Å². The molecular formula is C13H17BF3NO4. The molecule has 1 fully saturated rings. The fourth-order valence-corrected chi connectivity index (χ4v) is 2.20. The van der Waals surface area contributed by atoms with Gasteiger partial charge in [0.25, 0.3) is 0 Å². The Hall–Kier alpha value is -1.29. The molecule has 2 N–H and O–H groups in total. The van der Waals surface area contributed by atoms with Gasteiger partial charge < -0.3 is 9.31 Å². The molecule has 0 radical (unpaired) electrons. The monoisotopic (exact) mass is 319 g/mol. The summed E-state index contributed by atoms with van der Waals surface area (Å²) < 4.78 is 51.3. The van der Waals surface area contributed by atoms with Crippen molar-refractivity contribution in [2.75, 3.05) is 5.23 Å². The summed E-state index contributed by atoms with van der Waals surface area (Å²) in [5, 5.41) is 17.5. The lowest BCUT2D eigenvalue weighted by Gasteiger charge is -2.32. The highest BCUT2D eigenvalue weighted by atomic mass is 19.4. The van der Waals surface area contributed by atoms with E-state index in [4.69, 9.17) is 19.7 Å². The first-order valence-corrected chi connectivity index (χ1v) is 6.60. The molecule has 1 saturated heterocycles. The largest absolute Gasteiger partial charge is 0.495 e. The number of halogens is 3. The molecule has 0 unspecified atom stereocenters. The van der Waals surface area contributed by atoms with Crippen LogP contribution < -0.4 is 10.7 Å². The van der Waals surface area contributed by atoms with E-state index >= 15 is 0 Å². The molecule has 0 atom stereocenters. The smallest absolute Gasteiger partial charge is 0.399 e. The van der Waals surface area contributed by atoms with Gasteiger partial charge in [0.05, 0.1) is 16.8 Å². The van der Waals surface area contributed by atoms with Gasteiger partial charge in [-0.2, -0.15) is 13.2 Å². The van der Waals surface area contributed by atoms with E-state index in [0.29, 0.717) is 0 Å². The van der Waals surface area contributed by atoms with Gasteiger partial charge in [-0.15, -0.1) is 5.23 Å². The summed E-state index contributed by atoms with van der Waals surface area (Å²) in [6.45, 7) is 6.87. The van der Waals surface area contributed by atoms with Crippen LogP contribution in [-0.2, 0) is 15.5 Å². The molecule has 2 rings (SSSR count). The molecule has 0 aliphatic carbocycles. The molecule has 5 nitrogen and oxygen atoms in total. The maximum atomic E-state index is 13.3. The molecule has 0 spiro atoms. The summed E-state index contributed by atoms with van der Waals surface area (Å²) in [5.41, 5.74) is -3.93. The van der Waals surface area contributed by atoms with Crippen molar-refractivity contribution < 1.29 is 32.9 Å². The van der Waals surface area contributed by atoms with Gasteiger partial charge in [-0.3, -0.25) is 10.4 Å². The Balaban J connectivity index is 2.56. The van der Waals surface area contributed by atoms with E-state index < -0.39 is 41.0 Å². The Morgan fingerprint density at radius 3 is 1.95 bits per heavy atom. The molecule has 0 saturated carbocycles. The molecule has 0 bridgehead atoms. The number of hydrogen-bond donors (Lipinski definition) is 2. The second-order valence-corrected chi connectivity index (χ2v) is 6.12. The third kappa shape index (κ3) is 2.81. The summed E-state index contributed by atoms with van der Waals surface area (Å²) in [7, 11) is -1.26. The molecule has 1 aromatic rings. The number of alkyl halides is 3. The van der Waals surface area contributed by atoms with E-state index in [1.54, 1.807) is 27.7 Å². The van der Waals surface area contributed by atoms with E-state index in [0.717, 1.165) is 6.07 Å². The number of anilines is 1. The first-order chi connectivity index (χ1) is 9.87. The highest BCUT2D eigenvalue weighted by Gasteiger charge is 2.54. The van der Waals surface area contributed by atoms with Crippen molar-refractivity contribution in [1.82, 2.24) is 0 Å². The van der Waals surface area contributed by atoms with Gasteiger partial charge in [0.2, 0.25) is 0 Å². The second-order valence-electron chi connectivity index (χ2n) is 6.12. The van der Waals surface area contributed by atoms with Crippen LogP contribution in [0.1, 0.15) is 33.3 Å². The molecule has 0 amide bonds. The lowest BCUT2D eigenvalue weighted by Crippen LogP contribution is -2.41. The van der Waals surface area contributed by atoms with Crippen LogP contribution in [0, 0.1) is 0 Å². The zero-order valence-corrected chi connectivity index (χ0v) is 12.6. The van der Waals surface area contributed by atoms with Gasteiger partial charge in [-0.1, -0.05) is 12.1 Å². The Morgan fingerprint density at radius 2 is 1.55 bits per heavy atom. The van der Waals surface area contributed by atoms with Crippen LogP contribution in [0.25, 0.3) is 0 Å². The van der Waals surface area contributed by atoms with Crippen molar-refractivity contribution in [3.63, 3.8) is 0 Å². The molecule has 22 heavy (non-hydrogen) atoms. The highest BCUT2D eigenvalue weighted by molar-refractivity contribution is 6.62. The number of nitrogens with zero attached hydrogens (tertiary/aromatic N) is 1. The number of benzene rings is 1. The van der Waals surface area contributed by atoms with E-state index in [9.17, 15) is 13.2 Å². The van der Waals surface area contributed by atoms with Crippen molar-refractivity contribution in [3.05, 3.63) is 23.8 Å². The molecule has 1 aliphatic heterocycles. The van der Waals surface area contributed by atoms with Gasteiger partial charge >= 0.3 is 13.3 Å². The SMILES string of the molecule is CC1(C)OB(c2cccc(N(O)O)c2C(F)(F)F)OC1(C)C. The maximum Gasteiger partial charge on any atom is 0.495 e. The van der Waals surface area contributed by atoms with Gasteiger partial charge in [0.1, 0.15) is 5.69 Å². The van der Waals surface area contributed by atoms with E-state index in [2.05, 4.69) is 0 Å². The van der Waals surface area contributed by atoms with E-state index in [1.807, 2.05) is 0 Å². The maximum absolute atomic E-state index is 13.3. The minimum absolute atomic E-state index is 0.309. The lowest BCUT2D eigenvalue weighted by molar-refractivity contribution is -0.137. The number of rotatable bonds is 2. The topological polar surface area (TPSA) is 62.2 Å². The van der Waals surface area contributed by atoms with Crippen molar-refractivity contribution in [3.8, 4) is 0 Å². The van der Waals surface area contributed by atoms with Crippen LogP contribution in [0.5, 0.6) is 0 Å². The normalized spacial score (nSPS) is 20.3. The minimum Gasteiger partial charge on any atom is -0.399 e. The zero-order chi connectivity index (χ0) is 16.9. The fraction of sp³-hybridized carbons (Fsp3) is 0.538. The summed E-state index contributed by atoms with van der Waals surface area (Å²) in [6, 6.07) is 3.40. The average molecular weight is 319 g/mol. The second kappa shape index (κ2) is 5.12. The lowest BCUT2D eigenvalue weighted by atomic mass is 9.75. The Morgan fingerprint density at radius 1 is 1.05 bits per heavy atom. The van der Waals surface area contributed by atoms with E-state index in [-0.39, 0.29) is 5.46 Å². The van der Waals surface area contributed by atoms with Crippen LogP contribution in [0.3, 0.4) is 0 Å². The first-order valence-electron chi connectivity index (χ1n) is 6.60. The third-order valence-electron chi connectivity index (χ3n) is 4.08. The van der Waals surface area contributed by atoms with Crippen molar-refractivity contribution in [2.45, 2.75) is 45.1 Å². The predicted octanol–water partition coefficient (Wildman–Crippen LogP) is 2.59. The van der Waals surface area contributed by atoms with Crippen molar-refractivity contribution in [1.29, 1.82) is 0 Å². The Labute approximate surface area is 126 Å². The molecule has 0 aromatic heterocycles. The Kier molecular flexibility index (Phi) is 3.98. The standard InChI is InChI=1S/C13H17BF3NO4/c1-11(2)12(3,4)22-14(21-11)8-6-5-7-9(18(19)20)10(8)13(15,16)17/h5-7,19-20H,1-4H3. The summed E-state index contributed by atoms with van der Waals surface area (Å²) in [4.78, 5) is 0. The zero-order valence-electron chi connectivity index (χ0n) is 12.6. The van der Waals surface area contributed by atoms with Gasteiger partial charge in [-0.05, 0) is 39.2 Å². The Bertz CT molecular complexity index is 559. The highest BCUT2D eigenvalue weighted by Crippen LogP contribution is 2.40. The molecular weight excluding hydrogens is 302 g/mol. The van der Waals surface area contributed by atoms with Crippen LogP contribution >= 0.6 is 0 Å². The predicted molar refractivity (Wildman–Crippen MR) is 73.2 cm³/mol. The molecule has 9 heteroatoms. The van der Waals surface area contributed by atoms with Crippen molar-refractivity contribution >= 4 is 18.3 Å². The molecule has 1 heterocycles. The summed E-state index contributed by atoms with van der Waals surface area (Å²) in [5.74, 6) is 0. The van der Waals surface area contributed by atoms with Crippen LogP contribution in [0.15, 0.2) is 18.2 Å². The van der Waals surface area contributed by atoms with Gasteiger partial charge in [0, 0.05) is 0 Å². The first kappa shape index (κ1) is 17.1. The van der Waals surface area contributed by atoms with Crippen LogP contribution in [0.2, 0.25) is 0 Å². The average Bonchev–Trinajstić information content (AvgIpc) is 2.56. The third-order valence-corrected chi connectivity index (χ3v) is 4.08. The van der Waals surface area contributed by atoms with Crippen molar-refractivity contribution in [2.24, 2.45) is 0 Å². The van der Waals surface area contributed by atoms with E-state index in [1.165, 1.54) is 12.1 Å². The fourth-order valence-electron chi connectivity index (χ4n) is 2.20.